The van der Waals surface area contributed by atoms with Crippen molar-refractivity contribution < 1.29 is 23.0 Å². The van der Waals surface area contributed by atoms with Gasteiger partial charge in [0.15, 0.2) is 0 Å². The molecule has 2 fully saturated rings. The zero-order chi connectivity index (χ0) is 20.3. The summed E-state index contributed by atoms with van der Waals surface area (Å²) in [6.45, 7) is 4.97. The van der Waals surface area contributed by atoms with Crippen LogP contribution in [0.15, 0.2) is 17.0 Å². The summed E-state index contributed by atoms with van der Waals surface area (Å²) >= 11 is 6.64. The number of nitrogens with zero attached hydrogens (tertiary/aromatic N) is 2. The predicted molar refractivity (Wildman–Crippen MR) is 110 cm³/mol. The van der Waals surface area contributed by atoms with Gasteiger partial charge in [-0.25, -0.2) is 0 Å². The summed E-state index contributed by atoms with van der Waals surface area (Å²) in [5.41, 5.74) is 1.94. The molecule has 0 bridgehead atoms. The van der Waals surface area contributed by atoms with E-state index >= 15 is 0 Å². The number of morpholine rings is 1. The van der Waals surface area contributed by atoms with E-state index in [0.29, 0.717) is 40.1 Å². The maximum atomic E-state index is 12.8. The van der Waals surface area contributed by atoms with Crippen molar-refractivity contribution in [2.45, 2.75) is 20.5 Å². The fourth-order valence-corrected chi connectivity index (χ4v) is 4.56. The van der Waals surface area contributed by atoms with E-state index in [2.05, 4.69) is 9.64 Å². The third-order valence-electron chi connectivity index (χ3n) is 4.60. The quantitative estimate of drug-likeness (QED) is 0.511. The van der Waals surface area contributed by atoms with E-state index in [9.17, 15) is 13.6 Å². The normalized spacial score (nSPS) is 19.9. The molecule has 0 spiro atoms. The molecule has 0 atom stereocenters. The number of carbonyl (C=O) groups is 1. The summed E-state index contributed by atoms with van der Waals surface area (Å²) in [6, 6.07) is 3.45. The molecule has 9 heteroatoms. The lowest BCUT2D eigenvalue weighted by atomic mass is 10.1. The van der Waals surface area contributed by atoms with E-state index < -0.39 is 6.61 Å². The van der Waals surface area contributed by atoms with Gasteiger partial charge in [-0.15, -0.1) is 0 Å². The highest BCUT2D eigenvalue weighted by Crippen LogP contribution is 2.34. The number of benzene rings is 1. The Labute approximate surface area is 172 Å². The molecule has 3 rings (SSSR count). The minimum absolute atomic E-state index is 0.119. The minimum atomic E-state index is -2.87. The second-order valence-electron chi connectivity index (χ2n) is 6.65. The van der Waals surface area contributed by atoms with E-state index in [4.69, 9.17) is 17.0 Å². The summed E-state index contributed by atoms with van der Waals surface area (Å²) in [7, 11) is 0. The molecule has 2 aliphatic heterocycles. The van der Waals surface area contributed by atoms with Crippen LogP contribution in [0.2, 0.25) is 0 Å². The first-order chi connectivity index (χ1) is 13.3. The number of halogens is 2. The standard InChI is InChI=1S/C19H22F2N2O3S2/c1-12-9-14(10-13(2)16(12)26-18(20)21)11-15-17(24)23(19(27)28-15)4-3-22-5-7-25-8-6-22/h9-11,18H,3-8H2,1-2H3. The van der Waals surface area contributed by atoms with Crippen LogP contribution in [-0.2, 0) is 9.53 Å². The van der Waals surface area contributed by atoms with E-state index in [1.165, 1.54) is 11.8 Å². The zero-order valence-corrected chi connectivity index (χ0v) is 17.4. The summed E-state index contributed by atoms with van der Waals surface area (Å²) in [5.74, 6) is 0.0525. The molecule has 1 aromatic carbocycles. The number of thiocarbonyl (C=S) groups is 1. The molecule has 28 heavy (non-hydrogen) atoms. The van der Waals surface area contributed by atoms with Crippen molar-refractivity contribution in [1.29, 1.82) is 0 Å². The van der Waals surface area contributed by atoms with Gasteiger partial charge in [0.1, 0.15) is 10.1 Å². The Bertz CT molecular complexity index is 772. The molecule has 152 valence electrons. The number of aryl methyl sites for hydroxylation is 2. The van der Waals surface area contributed by atoms with Crippen LogP contribution in [0, 0.1) is 13.8 Å². The first-order valence-corrected chi connectivity index (χ1v) is 10.2. The molecule has 0 N–H and O–H groups in total. The highest BCUT2D eigenvalue weighted by atomic mass is 32.2. The number of alkyl halides is 2. The Morgan fingerprint density at radius 1 is 1.25 bits per heavy atom. The van der Waals surface area contributed by atoms with Gasteiger partial charge in [0.05, 0.1) is 18.1 Å². The average molecular weight is 429 g/mol. The van der Waals surface area contributed by atoms with Gasteiger partial charge in [-0.3, -0.25) is 14.6 Å². The third kappa shape index (κ3) is 5.08. The number of rotatable bonds is 6. The van der Waals surface area contributed by atoms with E-state index in [-0.39, 0.29) is 11.7 Å². The van der Waals surface area contributed by atoms with Crippen molar-refractivity contribution >= 4 is 40.3 Å². The summed E-state index contributed by atoms with van der Waals surface area (Å²) < 4.78 is 35.5. The molecule has 2 aliphatic rings. The number of thioether (sulfide) groups is 1. The Balaban J connectivity index is 1.70. The fourth-order valence-electron chi connectivity index (χ4n) is 3.25. The monoisotopic (exact) mass is 428 g/mol. The Kier molecular flexibility index (Phi) is 7.03. The van der Waals surface area contributed by atoms with Crippen LogP contribution in [0.25, 0.3) is 6.08 Å². The lowest BCUT2D eigenvalue weighted by molar-refractivity contribution is -0.122. The molecule has 0 saturated carbocycles. The van der Waals surface area contributed by atoms with Crippen molar-refractivity contribution in [3.63, 3.8) is 0 Å². The van der Waals surface area contributed by atoms with E-state index in [1.807, 2.05) is 0 Å². The number of ether oxygens (including phenoxy) is 2. The van der Waals surface area contributed by atoms with Gasteiger partial charge < -0.3 is 9.47 Å². The third-order valence-corrected chi connectivity index (χ3v) is 5.98. The minimum Gasteiger partial charge on any atom is -0.434 e. The van der Waals surface area contributed by atoms with Crippen LogP contribution in [-0.4, -0.2) is 66.0 Å². The van der Waals surface area contributed by atoms with Crippen molar-refractivity contribution in [3.8, 4) is 5.75 Å². The predicted octanol–water partition coefficient (Wildman–Crippen LogP) is 3.44. The van der Waals surface area contributed by atoms with Crippen LogP contribution >= 0.6 is 24.0 Å². The smallest absolute Gasteiger partial charge is 0.387 e. The molecule has 2 saturated heterocycles. The van der Waals surface area contributed by atoms with Crippen LogP contribution in [0.4, 0.5) is 8.78 Å². The summed E-state index contributed by atoms with van der Waals surface area (Å²) in [5, 5.41) is 0. The molecule has 1 amide bonds. The highest BCUT2D eigenvalue weighted by molar-refractivity contribution is 8.26. The van der Waals surface area contributed by atoms with E-state index in [1.54, 1.807) is 37.0 Å². The van der Waals surface area contributed by atoms with Gasteiger partial charge >= 0.3 is 6.61 Å². The topological polar surface area (TPSA) is 42.0 Å². The maximum Gasteiger partial charge on any atom is 0.387 e. The van der Waals surface area contributed by atoms with Crippen LogP contribution in [0.3, 0.4) is 0 Å². The van der Waals surface area contributed by atoms with Gasteiger partial charge in [0.25, 0.3) is 5.91 Å². The molecular weight excluding hydrogens is 406 g/mol. The number of amides is 1. The molecule has 0 aliphatic carbocycles. The molecule has 0 unspecified atom stereocenters. The largest absolute Gasteiger partial charge is 0.434 e. The molecule has 1 aromatic rings. The molecule has 5 nitrogen and oxygen atoms in total. The molecule has 2 heterocycles. The Morgan fingerprint density at radius 2 is 1.89 bits per heavy atom. The van der Waals surface area contributed by atoms with Gasteiger partial charge in [-0.2, -0.15) is 8.78 Å². The zero-order valence-electron chi connectivity index (χ0n) is 15.7. The van der Waals surface area contributed by atoms with Crippen molar-refractivity contribution in [1.82, 2.24) is 9.80 Å². The second kappa shape index (κ2) is 9.30. The van der Waals surface area contributed by atoms with Gasteiger partial charge in [-0.05, 0) is 48.7 Å². The van der Waals surface area contributed by atoms with Crippen molar-refractivity contribution in [2.75, 3.05) is 39.4 Å². The van der Waals surface area contributed by atoms with Gasteiger partial charge in [0.2, 0.25) is 0 Å². The lowest BCUT2D eigenvalue weighted by Gasteiger charge is -2.28. The first-order valence-electron chi connectivity index (χ1n) is 8.96. The fraction of sp³-hybridized carbons (Fsp3) is 0.474. The summed E-state index contributed by atoms with van der Waals surface area (Å²) in [4.78, 5) is 17.2. The first kappa shape index (κ1) is 21.2. The van der Waals surface area contributed by atoms with Crippen molar-refractivity contribution in [2.24, 2.45) is 0 Å². The van der Waals surface area contributed by atoms with Crippen molar-refractivity contribution in [3.05, 3.63) is 33.7 Å². The number of hydrogen-bond donors (Lipinski definition) is 0. The molecular formula is C19H22F2N2O3S2. The Morgan fingerprint density at radius 3 is 2.50 bits per heavy atom. The van der Waals surface area contributed by atoms with Crippen LogP contribution in [0.5, 0.6) is 5.75 Å². The second-order valence-corrected chi connectivity index (χ2v) is 8.33. The average Bonchev–Trinajstić information content (AvgIpc) is 2.90. The summed E-state index contributed by atoms with van der Waals surface area (Å²) in [6.07, 6.45) is 1.75. The van der Waals surface area contributed by atoms with Crippen LogP contribution < -0.4 is 4.74 Å². The lowest BCUT2D eigenvalue weighted by Crippen LogP contribution is -2.42. The van der Waals surface area contributed by atoms with Gasteiger partial charge in [0, 0.05) is 26.2 Å². The highest BCUT2D eigenvalue weighted by Gasteiger charge is 2.32. The number of carbonyl (C=O) groups excluding carboxylic acids is 1. The SMILES string of the molecule is Cc1cc(C=C2SC(=S)N(CCN3CCOCC3)C2=O)cc(C)c1OC(F)F. The number of hydrogen-bond acceptors (Lipinski definition) is 6. The van der Waals surface area contributed by atoms with Crippen LogP contribution in [0.1, 0.15) is 16.7 Å². The molecule has 0 radical (unpaired) electrons. The maximum absolute atomic E-state index is 12.8. The Hall–Kier alpha value is -1.55. The van der Waals surface area contributed by atoms with E-state index in [0.717, 1.165) is 25.2 Å². The van der Waals surface area contributed by atoms with Gasteiger partial charge in [-0.1, -0.05) is 24.0 Å². The molecule has 0 aromatic heterocycles.